The number of nitrogens with zero attached hydrogens (tertiary/aromatic N) is 3. The number of halogens is 3. The molecule has 1 aliphatic rings. The molecule has 1 saturated heterocycles. The first-order chi connectivity index (χ1) is 13.5. The van der Waals surface area contributed by atoms with E-state index >= 15 is 0 Å². The maximum absolute atomic E-state index is 12.3. The lowest BCUT2D eigenvalue weighted by Crippen LogP contribution is -2.48. The number of anilines is 1. The van der Waals surface area contributed by atoms with E-state index in [9.17, 15) is 21.6 Å². The van der Waals surface area contributed by atoms with Gasteiger partial charge in [-0.15, -0.1) is 30.0 Å². The Morgan fingerprint density at radius 2 is 1.52 bits per heavy atom. The van der Waals surface area contributed by atoms with Crippen molar-refractivity contribution in [2.45, 2.75) is 15.9 Å². The van der Waals surface area contributed by atoms with Crippen LogP contribution in [-0.4, -0.2) is 50.5 Å². The molecular weight excluding hydrogens is 445 g/mol. The SMILES string of the molecule is O=S(=O)(NC(F)(F)F)c1ccc(-[n+]2ccc(N3CCN(C(S)S)CC3)cc2)cc1. The highest BCUT2D eigenvalue weighted by Gasteiger charge is 2.34. The van der Waals surface area contributed by atoms with Gasteiger partial charge in [0.1, 0.15) is 0 Å². The summed E-state index contributed by atoms with van der Waals surface area (Å²) in [6.07, 6.45) is -1.38. The van der Waals surface area contributed by atoms with Gasteiger partial charge in [0.15, 0.2) is 12.4 Å². The first kappa shape index (κ1) is 22.2. The number of hydrogen-bond donors (Lipinski definition) is 3. The Kier molecular flexibility index (Phi) is 6.68. The summed E-state index contributed by atoms with van der Waals surface area (Å²) in [6.45, 7) is 3.41. The first-order valence-corrected chi connectivity index (χ1v) is 11.1. The van der Waals surface area contributed by atoms with Crippen LogP contribution in [0.5, 0.6) is 0 Å². The van der Waals surface area contributed by atoms with E-state index in [0.29, 0.717) is 10.4 Å². The Hall–Kier alpha value is -1.47. The van der Waals surface area contributed by atoms with Gasteiger partial charge in [0, 0.05) is 56.1 Å². The Morgan fingerprint density at radius 3 is 2.00 bits per heavy atom. The van der Waals surface area contributed by atoms with Gasteiger partial charge in [0.2, 0.25) is 15.7 Å². The van der Waals surface area contributed by atoms with Gasteiger partial charge in [-0.05, 0) is 12.1 Å². The maximum Gasteiger partial charge on any atom is 0.470 e. The van der Waals surface area contributed by atoms with E-state index < -0.39 is 21.2 Å². The molecule has 12 heteroatoms. The molecule has 29 heavy (non-hydrogen) atoms. The van der Waals surface area contributed by atoms with Crippen molar-refractivity contribution in [3.8, 4) is 5.69 Å². The van der Waals surface area contributed by atoms with E-state index in [1.165, 1.54) is 12.1 Å². The van der Waals surface area contributed by atoms with Crippen LogP contribution in [0, 0.1) is 0 Å². The third-order valence-corrected chi connectivity index (χ3v) is 6.56. The molecule has 0 saturated carbocycles. The number of thiol groups is 2. The van der Waals surface area contributed by atoms with Gasteiger partial charge in [-0.2, -0.15) is 17.7 Å². The highest BCUT2D eigenvalue weighted by atomic mass is 32.2. The fourth-order valence-electron chi connectivity index (χ4n) is 3.02. The number of piperazine rings is 1. The van der Waals surface area contributed by atoms with Gasteiger partial charge in [0.05, 0.1) is 9.60 Å². The zero-order valence-electron chi connectivity index (χ0n) is 15.1. The predicted octanol–water partition coefficient (Wildman–Crippen LogP) is 2.03. The molecule has 0 atom stereocenters. The molecular formula is C17H20F3N4O2S3+. The fraction of sp³-hybridized carbons (Fsp3) is 0.353. The molecule has 1 N–H and O–H groups in total. The Labute approximate surface area is 178 Å². The summed E-state index contributed by atoms with van der Waals surface area (Å²) in [5, 5.41) is 0. The second-order valence-corrected chi connectivity index (χ2v) is 9.50. The van der Waals surface area contributed by atoms with Gasteiger partial charge in [-0.3, -0.25) is 4.90 Å². The molecule has 1 aromatic heterocycles. The zero-order valence-corrected chi connectivity index (χ0v) is 17.7. The molecule has 0 aliphatic carbocycles. The van der Waals surface area contributed by atoms with Gasteiger partial charge in [-0.25, -0.2) is 8.42 Å². The van der Waals surface area contributed by atoms with Crippen LogP contribution in [0.4, 0.5) is 18.9 Å². The van der Waals surface area contributed by atoms with Crippen molar-refractivity contribution in [3.05, 3.63) is 48.8 Å². The van der Waals surface area contributed by atoms with Crippen LogP contribution in [0.2, 0.25) is 0 Å². The number of alkyl halides is 3. The minimum Gasteiger partial charge on any atom is -0.369 e. The molecule has 2 aromatic rings. The van der Waals surface area contributed by atoms with Crippen molar-refractivity contribution in [1.29, 1.82) is 0 Å². The minimum atomic E-state index is -5.02. The first-order valence-electron chi connectivity index (χ1n) is 8.63. The third kappa shape index (κ3) is 5.79. The van der Waals surface area contributed by atoms with Crippen LogP contribution in [-0.2, 0) is 10.0 Å². The molecule has 6 nitrogen and oxygen atoms in total. The van der Waals surface area contributed by atoms with E-state index in [1.807, 2.05) is 24.5 Å². The average Bonchev–Trinajstić information content (AvgIpc) is 2.66. The molecule has 0 unspecified atom stereocenters. The standard InChI is InChI=1S/C17H19F3N4O2S3/c18-17(19,20)21-29(25,26)15-3-1-13(2-4-15)22-7-5-14(6-8-22)23-9-11-24(12-10-23)16(27)28/h1-8,16,21H,9-12H2,(H-,27,28)/p+1. The normalized spacial score (nSPS) is 16.4. The molecule has 0 radical (unpaired) electrons. The van der Waals surface area contributed by atoms with Crippen molar-refractivity contribution in [2.75, 3.05) is 31.1 Å². The topological polar surface area (TPSA) is 56.5 Å². The van der Waals surface area contributed by atoms with Gasteiger partial charge >= 0.3 is 6.30 Å². The van der Waals surface area contributed by atoms with Crippen molar-refractivity contribution >= 4 is 41.0 Å². The number of rotatable bonds is 5. The quantitative estimate of drug-likeness (QED) is 0.274. The molecule has 0 bridgehead atoms. The fourth-order valence-corrected chi connectivity index (χ4v) is 4.40. The van der Waals surface area contributed by atoms with Crippen LogP contribution < -0.4 is 14.2 Å². The van der Waals surface area contributed by atoms with Crippen LogP contribution in [0.3, 0.4) is 0 Å². The number of nitrogens with one attached hydrogen (secondary N) is 1. The van der Waals surface area contributed by atoms with E-state index in [2.05, 4.69) is 35.1 Å². The summed E-state index contributed by atoms with van der Waals surface area (Å²) < 4.78 is 62.8. The minimum absolute atomic E-state index is 0.0757. The van der Waals surface area contributed by atoms with E-state index in [0.717, 1.165) is 44.0 Å². The van der Waals surface area contributed by atoms with Crippen molar-refractivity contribution in [1.82, 2.24) is 9.62 Å². The molecule has 158 valence electrons. The number of benzene rings is 1. The molecule has 0 amide bonds. The van der Waals surface area contributed by atoms with Crippen LogP contribution in [0.15, 0.2) is 53.7 Å². The maximum atomic E-state index is 12.3. The largest absolute Gasteiger partial charge is 0.470 e. The molecule has 1 aromatic carbocycles. The number of sulfonamides is 1. The lowest BCUT2D eigenvalue weighted by Gasteiger charge is -2.37. The Morgan fingerprint density at radius 1 is 0.966 bits per heavy atom. The van der Waals surface area contributed by atoms with Crippen molar-refractivity contribution in [3.63, 3.8) is 0 Å². The Balaban J connectivity index is 1.69. The highest BCUT2D eigenvalue weighted by Crippen LogP contribution is 2.19. The summed E-state index contributed by atoms with van der Waals surface area (Å²) in [5.74, 6) is 0. The molecule has 0 spiro atoms. The predicted molar refractivity (Wildman–Crippen MR) is 110 cm³/mol. The number of pyridine rings is 1. The summed E-state index contributed by atoms with van der Waals surface area (Å²) >= 11 is 8.66. The van der Waals surface area contributed by atoms with E-state index in [4.69, 9.17) is 0 Å². The highest BCUT2D eigenvalue weighted by molar-refractivity contribution is 7.99. The van der Waals surface area contributed by atoms with Gasteiger partial charge in [0.25, 0.3) is 0 Å². The molecule has 3 rings (SSSR count). The van der Waals surface area contributed by atoms with Crippen LogP contribution >= 0.6 is 25.3 Å². The van der Waals surface area contributed by atoms with Crippen molar-refractivity contribution in [2.24, 2.45) is 0 Å². The second kappa shape index (κ2) is 8.72. The average molecular weight is 466 g/mol. The van der Waals surface area contributed by atoms with E-state index in [-0.39, 0.29) is 4.71 Å². The monoisotopic (exact) mass is 465 g/mol. The number of aromatic nitrogens is 1. The lowest BCUT2D eigenvalue weighted by atomic mass is 10.2. The summed E-state index contributed by atoms with van der Waals surface area (Å²) in [4.78, 5) is 3.94. The summed E-state index contributed by atoms with van der Waals surface area (Å²) in [5.41, 5.74) is 1.67. The van der Waals surface area contributed by atoms with Crippen molar-refractivity contribution < 1.29 is 26.2 Å². The van der Waals surface area contributed by atoms with Crippen LogP contribution in [0.1, 0.15) is 0 Å². The lowest BCUT2D eigenvalue weighted by molar-refractivity contribution is -0.595. The summed E-state index contributed by atoms with van der Waals surface area (Å²) in [6, 6.07) is 9.03. The van der Waals surface area contributed by atoms with Gasteiger partial charge < -0.3 is 4.90 Å². The zero-order chi connectivity index (χ0) is 21.2. The second-order valence-electron chi connectivity index (χ2n) is 6.43. The number of hydrogen-bond acceptors (Lipinski definition) is 6. The Bertz CT molecular complexity index is 928. The molecule has 2 heterocycles. The van der Waals surface area contributed by atoms with E-state index in [1.54, 1.807) is 4.57 Å². The molecule has 1 aliphatic heterocycles. The van der Waals surface area contributed by atoms with Crippen LogP contribution in [0.25, 0.3) is 5.69 Å². The van der Waals surface area contributed by atoms with Gasteiger partial charge in [-0.1, -0.05) is 0 Å². The smallest absolute Gasteiger partial charge is 0.369 e. The summed E-state index contributed by atoms with van der Waals surface area (Å²) in [7, 11) is -4.65. The third-order valence-electron chi connectivity index (χ3n) is 4.51. The molecule has 1 fully saturated rings.